The molecule has 1 amide bonds. The number of hydrogen-bond acceptors (Lipinski definition) is 7. The molecule has 33 heavy (non-hydrogen) atoms. The first kappa shape index (κ1) is 21.4. The van der Waals surface area contributed by atoms with E-state index in [1.54, 1.807) is 0 Å². The minimum Gasteiger partial charge on any atom is -0.378 e. The van der Waals surface area contributed by atoms with Gasteiger partial charge in [0.05, 0.1) is 30.9 Å². The summed E-state index contributed by atoms with van der Waals surface area (Å²) in [5.74, 6) is 1.01. The molecule has 2 saturated heterocycles. The van der Waals surface area contributed by atoms with Crippen LogP contribution in [0.15, 0.2) is 41.8 Å². The summed E-state index contributed by atoms with van der Waals surface area (Å²) in [6, 6.07) is 10.3. The van der Waals surface area contributed by atoms with Crippen molar-refractivity contribution < 1.29 is 9.53 Å². The van der Waals surface area contributed by atoms with Crippen LogP contribution >= 0.6 is 0 Å². The van der Waals surface area contributed by atoms with Crippen molar-refractivity contribution in [3.05, 3.63) is 47.8 Å². The Kier molecular flexibility index (Phi) is 5.95. The lowest BCUT2D eigenvalue weighted by atomic mass is 10.1. The Balaban J connectivity index is 1.48. The maximum Gasteiger partial charge on any atom is 0.220 e. The Morgan fingerprint density at radius 1 is 1.30 bits per heavy atom. The highest BCUT2D eigenvalue weighted by Gasteiger charge is 2.24. The molecule has 0 unspecified atom stereocenters. The van der Waals surface area contributed by atoms with E-state index in [2.05, 4.69) is 45.9 Å². The van der Waals surface area contributed by atoms with E-state index < -0.39 is 0 Å². The van der Waals surface area contributed by atoms with E-state index in [1.807, 2.05) is 30.0 Å². The molecular weight excluding hydrogens is 418 g/mol. The van der Waals surface area contributed by atoms with Gasteiger partial charge in [-0.05, 0) is 19.4 Å². The van der Waals surface area contributed by atoms with Gasteiger partial charge in [0.1, 0.15) is 5.52 Å². The molecule has 0 radical (unpaired) electrons. The van der Waals surface area contributed by atoms with E-state index in [1.165, 1.54) is 5.56 Å². The number of aryl methyl sites for hydroxylation is 1. The van der Waals surface area contributed by atoms with Crippen molar-refractivity contribution in [1.82, 2.24) is 19.9 Å². The summed E-state index contributed by atoms with van der Waals surface area (Å²) < 4.78 is 7.59. The Labute approximate surface area is 192 Å². The van der Waals surface area contributed by atoms with Crippen LogP contribution in [0.3, 0.4) is 0 Å². The van der Waals surface area contributed by atoms with Gasteiger partial charge in [-0.1, -0.05) is 29.8 Å². The van der Waals surface area contributed by atoms with Crippen molar-refractivity contribution in [3.63, 3.8) is 0 Å². The van der Waals surface area contributed by atoms with Crippen molar-refractivity contribution in [1.29, 1.82) is 0 Å². The van der Waals surface area contributed by atoms with Crippen LogP contribution in [-0.2, 0) is 16.1 Å². The highest BCUT2D eigenvalue weighted by molar-refractivity contribution is 5.99. The van der Waals surface area contributed by atoms with E-state index in [9.17, 15) is 4.79 Å². The molecule has 3 aromatic rings. The number of carbonyl (C=O) groups is 1. The largest absolute Gasteiger partial charge is 0.378 e. The summed E-state index contributed by atoms with van der Waals surface area (Å²) in [7, 11) is 0. The number of aromatic nitrogens is 3. The second-order valence-electron chi connectivity index (χ2n) is 8.75. The molecular formula is C24H29N7O2. The van der Waals surface area contributed by atoms with Gasteiger partial charge in [-0.15, -0.1) is 0 Å². The Hall–Kier alpha value is -3.46. The number of carbonyl (C=O) groups excluding carboxylic acids is 1. The number of ether oxygens (including phenoxy) is 1. The lowest BCUT2D eigenvalue weighted by Crippen LogP contribution is -2.36. The molecule has 1 atom stereocenters. The summed E-state index contributed by atoms with van der Waals surface area (Å²) in [4.78, 5) is 23.5. The molecule has 2 N–H and O–H groups in total. The summed E-state index contributed by atoms with van der Waals surface area (Å²) in [5.41, 5.74) is 8.99. The van der Waals surface area contributed by atoms with Crippen LogP contribution in [0.4, 0.5) is 11.5 Å². The molecule has 0 spiro atoms. The fourth-order valence-electron chi connectivity index (χ4n) is 4.40. The first-order chi connectivity index (χ1) is 16.1. The van der Waals surface area contributed by atoms with Gasteiger partial charge in [0.25, 0.3) is 0 Å². The number of nitrogens with zero attached hydrogens (tertiary/aromatic N) is 5. The van der Waals surface area contributed by atoms with Gasteiger partial charge >= 0.3 is 0 Å². The van der Waals surface area contributed by atoms with Crippen molar-refractivity contribution in [2.75, 3.05) is 43.2 Å². The molecule has 2 aliphatic heterocycles. The van der Waals surface area contributed by atoms with E-state index in [-0.39, 0.29) is 11.8 Å². The van der Waals surface area contributed by atoms with Crippen molar-refractivity contribution in [2.45, 2.75) is 26.8 Å². The second kappa shape index (κ2) is 9.19. The van der Waals surface area contributed by atoms with Gasteiger partial charge in [0, 0.05) is 44.6 Å². The van der Waals surface area contributed by atoms with Gasteiger partial charge in [-0.25, -0.2) is 9.97 Å². The number of morpholine rings is 1. The van der Waals surface area contributed by atoms with E-state index >= 15 is 0 Å². The van der Waals surface area contributed by atoms with E-state index in [0.29, 0.717) is 38.5 Å². The average Bonchev–Trinajstić information content (AvgIpc) is 3.43. The zero-order valence-electron chi connectivity index (χ0n) is 19.0. The Morgan fingerprint density at radius 2 is 2.15 bits per heavy atom. The number of amides is 1. The number of hydrogen-bond donors (Lipinski definition) is 2. The summed E-state index contributed by atoms with van der Waals surface area (Å²) in [6.45, 7) is 8.42. The standard InChI is InChI=1S/C24H29N7O2/c1-16-4-3-5-19(10-16)17(2)28-29-21-12-20(30-6-8-33-9-7-30)23-24(27-21)31(15-26-23)14-18-11-22(32)25-13-18/h3-5,10,12,15,18H,6-9,11,13-14H2,1-2H3,(H,25,32)(H,27,29)/b28-17+/t18-/m0/s1. The van der Waals surface area contributed by atoms with Crippen LogP contribution in [0.25, 0.3) is 11.2 Å². The molecule has 0 aliphatic carbocycles. The molecule has 4 heterocycles. The number of rotatable bonds is 6. The minimum absolute atomic E-state index is 0.106. The monoisotopic (exact) mass is 447 g/mol. The Morgan fingerprint density at radius 3 is 2.91 bits per heavy atom. The molecule has 2 aliphatic rings. The quantitative estimate of drug-likeness (QED) is 0.445. The third-order valence-electron chi connectivity index (χ3n) is 6.20. The zero-order valence-corrected chi connectivity index (χ0v) is 19.0. The smallest absolute Gasteiger partial charge is 0.220 e. The molecule has 0 bridgehead atoms. The number of nitrogens with one attached hydrogen (secondary N) is 2. The van der Waals surface area contributed by atoms with Gasteiger partial charge in [-0.2, -0.15) is 5.10 Å². The third-order valence-corrected chi connectivity index (χ3v) is 6.20. The number of imidazole rings is 1. The maximum absolute atomic E-state index is 11.7. The number of fused-ring (bicyclic) bond motifs is 1. The topological polar surface area (TPSA) is 96.7 Å². The molecule has 172 valence electrons. The number of hydrazone groups is 1. The highest BCUT2D eigenvalue weighted by Crippen LogP contribution is 2.29. The third kappa shape index (κ3) is 4.68. The predicted octanol–water partition coefficient (Wildman–Crippen LogP) is 2.55. The van der Waals surface area contributed by atoms with Gasteiger partial charge in [-0.3, -0.25) is 10.2 Å². The van der Waals surface area contributed by atoms with Crippen LogP contribution in [0.1, 0.15) is 24.5 Å². The Bertz CT molecular complexity index is 1200. The first-order valence-electron chi connectivity index (χ1n) is 11.4. The molecule has 2 aromatic heterocycles. The number of anilines is 2. The van der Waals surface area contributed by atoms with E-state index in [0.717, 1.165) is 41.2 Å². The van der Waals surface area contributed by atoms with Gasteiger partial charge < -0.3 is 19.5 Å². The maximum atomic E-state index is 11.7. The molecule has 9 heteroatoms. The van der Waals surface area contributed by atoms with Crippen molar-refractivity contribution in [2.24, 2.45) is 11.0 Å². The lowest BCUT2D eigenvalue weighted by Gasteiger charge is -2.29. The van der Waals surface area contributed by atoms with Crippen molar-refractivity contribution in [3.8, 4) is 0 Å². The normalized spacial score (nSPS) is 19.2. The molecule has 1 aromatic carbocycles. The average molecular weight is 448 g/mol. The summed E-state index contributed by atoms with van der Waals surface area (Å²) in [5, 5.41) is 7.51. The van der Waals surface area contributed by atoms with Crippen LogP contribution in [-0.4, -0.2) is 59.0 Å². The summed E-state index contributed by atoms with van der Waals surface area (Å²) >= 11 is 0. The molecule has 0 saturated carbocycles. The summed E-state index contributed by atoms with van der Waals surface area (Å²) in [6.07, 6.45) is 2.36. The van der Waals surface area contributed by atoms with Gasteiger partial charge in [0.15, 0.2) is 11.5 Å². The molecule has 5 rings (SSSR count). The molecule has 9 nitrogen and oxygen atoms in total. The first-order valence-corrected chi connectivity index (χ1v) is 11.4. The van der Waals surface area contributed by atoms with Gasteiger partial charge in [0.2, 0.25) is 5.91 Å². The van der Waals surface area contributed by atoms with Crippen molar-refractivity contribution >= 4 is 34.3 Å². The lowest BCUT2D eigenvalue weighted by molar-refractivity contribution is -0.119. The number of benzene rings is 1. The molecule has 2 fully saturated rings. The fourth-order valence-corrected chi connectivity index (χ4v) is 4.40. The number of pyridine rings is 1. The van der Waals surface area contributed by atoms with Crippen LogP contribution in [0.5, 0.6) is 0 Å². The zero-order chi connectivity index (χ0) is 22.8. The van der Waals surface area contributed by atoms with Crippen LogP contribution in [0, 0.1) is 12.8 Å². The minimum atomic E-state index is 0.106. The second-order valence-corrected chi connectivity index (χ2v) is 8.75. The predicted molar refractivity (Wildman–Crippen MR) is 129 cm³/mol. The van der Waals surface area contributed by atoms with E-state index in [4.69, 9.17) is 14.7 Å². The fraction of sp³-hybridized carbons (Fsp3) is 0.417. The SMILES string of the molecule is C/C(=N\Nc1cc(N2CCOCC2)c2ncn(C[C@@H]3CNC(=O)C3)c2n1)c1cccc(C)c1. The van der Waals surface area contributed by atoms with Crippen LogP contribution < -0.4 is 15.6 Å². The highest BCUT2D eigenvalue weighted by atomic mass is 16.5. The van der Waals surface area contributed by atoms with Crippen LogP contribution in [0.2, 0.25) is 0 Å².